The minimum Gasteiger partial charge on any atom is -0.495 e. The minimum atomic E-state index is 0.666. The maximum absolute atomic E-state index is 5.47. The summed E-state index contributed by atoms with van der Waals surface area (Å²) >= 11 is 0. The normalized spacial score (nSPS) is 10.4. The molecule has 3 aromatic heterocycles. The Morgan fingerprint density at radius 2 is 1.97 bits per heavy atom. The van der Waals surface area contributed by atoms with Gasteiger partial charge in [0.15, 0.2) is 0 Å². The van der Waals surface area contributed by atoms with E-state index in [2.05, 4.69) is 35.2 Å². The molecule has 0 aliphatic heterocycles. The van der Waals surface area contributed by atoms with Crippen molar-refractivity contribution in [2.45, 2.75) is 27.7 Å². The van der Waals surface area contributed by atoms with Gasteiger partial charge in [-0.3, -0.25) is 9.38 Å². The number of imidazole rings is 1. The molecule has 0 atom stereocenters. The number of benzene rings is 1. The van der Waals surface area contributed by atoms with Gasteiger partial charge in [-0.1, -0.05) is 13.8 Å². The summed E-state index contributed by atoms with van der Waals surface area (Å²) in [6, 6.07) is 10.0. The summed E-state index contributed by atoms with van der Waals surface area (Å²) in [6.07, 6.45) is 7.42. The van der Waals surface area contributed by atoms with Gasteiger partial charge in [-0.05, 0) is 49.7 Å². The summed E-state index contributed by atoms with van der Waals surface area (Å²) < 4.78 is 7.50. The number of anilines is 1. The Kier molecular flexibility index (Phi) is 6.44. The molecule has 3 heterocycles. The average molecular weight is 390 g/mol. The summed E-state index contributed by atoms with van der Waals surface area (Å²) in [5.41, 5.74) is 6.00. The van der Waals surface area contributed by atoms with E-state index in [-0.39, 0.29) is 0 Å². The molecule has 0 bridgehead atoms. The molecule has 0 aliphatic carbocycles. The second-order valence-electron chi connectivity index (χ2n) is 6.23. The molecule has 0 saturated heterocycles. The van der Waals surface area contributed by atoms with Crippen molar-refractivity contribution in [1.29, 1.82) is 0 Å². The number of aromatic nitrogens is 4. The maximum Gasteiger partial charge on any atom is 0.234 e. The van der Waals surface area contributed by atoms with Crippen molar-refractivity contribution < 1.29 is 4.74 Å². The van der Waals surface area contributed by atoms with Crippen LogP contribution in [-0.2, 0) is 0 Å². The zero-order chi connectivity index (χ0) is 20.8. The number of rotatable bonds is 5. The van der Waals surface area contributed by atoms with Crippen LogP contribution >= 0.6 is 0 Å². The Bertz CT molecular complexity index is 1100. The number of ether oxygens (including phenoxy) is 1. The first-order valence-corrected chi connectivity index (χ1v) is 9.89. The van der Waals surface area contributed by atoms with Gasteiger partial charge in [0.25, 0.3) is 0 Å². The van der Waals surface area contributed by atoms with Crippen molar-refractivity contribution in [3.63, 3.8) is 0 Å². The highest BCUT2D eigenvalue weighted by Gasteiger charge is 2.19. The second kappa shape index (κ2) is 9.19. The Hall–Kier alpha value is -3.41. The van der Waals surface area contributed by atoms with Crippen LogP contribution in [0.4, 0.5) is 5.69 Å². The quantitative estimate of drug-likeness (QED) is 0.506. The molecule has 1 N–H and O–H groups in total. The number of nitrogens with one attached hydrogen (secondary N) is 1. The fraction of sp³-hybridized carbons (Fsp3) is 0.261. The molecule has 0 radical (unpaired) electrons. The van der Waals surface area contributed by atoms with E-state index in [1.807, 2.05) is 54.9 Å². The van der Waals surface area contributed by atoms with E-state index in [1.54, 1.807) is 19.5 Å². The van der Waals surface area contributed by atoms with Crippen LogP contribution in [0, 0.1) is 6.92 Å². The average Bonchev–Trinajstić information content (AvgIpc) is 3.15. The lowest BCUT2D eigenvalue weighted by molar-refractivity contribution is 0.416. The molecule has 0 unspecified atom stereocenters. The minimum absolute atomic E-state index is 0.666. The first-order valence-electron chi connectivity index (χ1n) is 9.89. The van der Waals surface area contributed by atoms with Crippen molar-refractivity contribution in [2.75, 3.05) is 19.0 Å². The van der Waals surface area contributed by atoms with Gasteiger partial charge < -0.3 is 10.1 Å². The fourth-order valence-corrected chi connectivity index (χ4v) is 3.27. The third-order valence-corrected chi connectivity index (χ3v) is 4.52. The van der Waals surface area contributed by atoms with E-state index in [1.165, 1.54) is 0 Å². The van der Waals surface area contributed by atoms with Gasteiger partial charge >= 0.3 is 0 Å². The van der Waals surface area contributed by atoms with Crippen LogP contribution in [0.1, 0.15) is 26.3 Å². The molecule has 150 valence electrons. The van der Waals surface area contributed by atoms with Crippen LogP contribution in [-0.4, -0.2) is 33.0 Å². The van der Waals surface area contributed by atoms with E-state index in [0.29, 0.717) is 5.78 Å². The van der Waals surface area contributed by atoms with E-state index >= 15 is 0 Å². The Labute approximate surface area is 171 Å². The summed E-state index contributed by atoms with van der Waals surface area (Å²) in [4.78, 5) is 13.5. The topological polar surface area (TPSA) is 64.3 Å². The van der Waals surface area contributed by atoms with Gasteiger partial charge in [-0.25, -0.2) is 9.97 Å². The van der Waals surface area contributed by atoms with Crippen molar-refractivity contribution in [3.8, 4) is 28.3 Å². The number of aryl methyl sites for hydroxylation is 1. The molecule has 0 saturated carbocycles. The van der Waals surface area contributed by atoms with Gasteiger partial charge in [0, 0.05) is 42.5 Å². The first kappa shape index (κ1) is 20.3. The van der Waals surface area contributed by atoms with Gasteiger partial charge in [0.2, 0.25) is 5.78 Å². The highest BCUT2D eigenvalue weighted by atomic mass is 16.5. The molecule has 0 spiro atoms. The highest BCUT2D eigenvalue weighted by Crippen LogP contribution is 2.36. The number of fused-ring (bicyclic) bond motifs is 1. The van der Waals surface area contributed by atoms with Gasteiger partial charge in [-0.2, -0.15) is 0 Å². The fourth-order valence-electron chi connectivity index (χ4n) is 3.27. The molecule has 29 heavy (non-hydrogen) atoms. The molecule has 6 heteroatoms. The Morgan fingerprint density at radius 1 is 1.14 bits per heavy atom. The lowest BCUT2D eigenvalue weighted by atomic mass is 10.0. The number of pyridine rings is 1. The van der Waals surface area contributed by atoms with Crippen LogP contribution in [0.5, 0.6) is 5.75 Å². The van der Waals surface area contributed by atoms with Crippen LogP contribution in [0.2, 0.25) is 0 Å². The predicted molar refractivity (Wildman–Crippen MR) is 118 cm³/mol. The van der Waals surface area contributed by atoms with Crippen molar-refractivity contribution in [1.82, 2.24) is 19.4 Å². The maximum atomic E-state index is 5.47. The summed E-state index contributed by atoms with van der Waals surface area (Å²) in [7, 11) is 1.68. The van der Waals surface area contributed by atoms with Crippen LogP contribution in [0.25, 0.3) is 28.3 Å². The van der Waals surface area contributed by atoms with E-state index in [4.69, 9.17) is 9.72 Å². The van der Waals surface area contributed by atoms with Crippen LogP contribution in [0.3, 0.4) is 0 Å². The molecule has 0 fully saturated rings. The molecular formula is C23H27N5O. The monoisotopic (exact) mass is 389 g/mol. The zero-order valence-corrected chi connectivity index (χ0v) is 17.6. The molecule has 4 aromatic rings. The molecule has 0 aliphatic rings. The van der Waals surface area contributed by atoms with E-state index < -0.39 is 0 Å². The van der Waals surface area contributed by atoms with Crippen LogP contribution in [0.15, 0.2) is 55.1 Å². The number of nitrogens with zero attached hydrogens (tertiary/aromatic N) is 4. The van der Waals surface area contributed by atoms with Gasteiger partial charge in [0.1, 0.15) is 5.75 Å². The summed E-state index contributed by atoms with van der Waals surface area (Å²) in [5, 5.41) is 3.36. The standard InChI is InChI=1S/C21H21N5O.C2H6/c1-4-23-17-12-15(6-7-18(17)27-3)19-20(16-8-10-22-13-14(16)2)26-11-5-9-24-21(26)25-19;1-2/h5-13,23H,4H2,1-3H3;1-2H3. The van der Waals surface area contributed by atoms with Crippen molar-refractivity contribution >= 4 is 11.5 Å². The first-order chi connectivity index (χ1) is 14.2. The smallest absolute Gasteiger partial charge is 0.234 e. The third-order valence-electron chi connectivity index (χ3n) is 4.52. The van der Waals surface area contributed by atoms with E-state index in [9.17, 15) is 0 Å². The van der Waals surface area contributed by atoms with Gasteiger partial charge in [-0.15, -0.1) is 0 Å². The number of methoxy groups -OCH3 is 1. The summed E-state index contributed by atoms with van der Waals surface area (Å²) in [5.74, 6) is 1.48. The van der Waals surface area contributed by atoms with Crippen molar-refractivity contribution in [2.24, 2.45) is 0 Å². The third kappa shape index (κ3) is 3.92. The van der Waals surface area contributed by atoms with E-state index in [0.717, 1.165) is 46.1 Å². The zero-order valence-electron chi connectivity index (χ0n) is 17.6. The molecule has 6 nitrogen and oxygen atoms in total. The Morgan fingerprint density at radius 3 is 2.69 bits per heavy atom. The van der Waals surface area contributed by atoms with Crippen LogP contribution < -0.4 is 10.1 Å². The molecule has 0 amide bonds. The largest absolute Gasteiger partial charge is 0.495 e. The lowest BCUT2D eigenvalue weighted by Gasteiger charge is -2.12. The number of hydrogen-bond acceptors (Lipinski definition) is 5. The second-order valence-corrected chi connectivity index (χ2v) is 6.23. The van der Waals surface area contributed by atoms with Crippen molar-refractivity contribution in [3.05, 3.63) is 60.7 Å². The highest BCUT2D eigenvalue weighted by molar-refractivity contribution is 5.84. The summed E-state index contributed by atoms with van der Waals surface area (Å²) in [6.45, 7) is 8.93. The lowest BCUT2D eigenvalue weighted by Crippen LogP contribution is -2.00. The Balaban J connectivity index is 0.00000117. The molecule has 1 aromatic carbocycles. The predicted octanol–water partition coefficient (Wildman–Crippen LogP) is 5.23. The molecule has 4 rings (SSSR count). The SMILES string of the molecule is CC.CCNc1cc(-c2nc3ncccn3c2-c2ccncc2C)ccc1OC. The van der Waals surface area contributed by atoms with Gasteiger partial charge in [0.05, 0.1) is 24.2 Å². The molecular weight excluding hydrogens is 362 g/mol. The number of hydrogen-bond donors (Lipinski definition) is 1.